The quantitative estimate of drug-likeness (QED) is 0.404. The highest BCUT2D eigenvalue weighted by Crippen LogP contribution is 2.34. The first-order valence-electron chi connectivity index (χ1n) is 7.03. The van der Waals surface area contributed by atoms with Crippen LogP contribution in [0.15, 0.2) is 53.4 Å². The van der Waals surface area contributed by atoms with E-state index in [1.54, 1.807) is 19.3 Å². The van der Waals surface area contributed by atoms with E-state index in [1.807, 2.05) is 18.2 Å². The van der Waals surface area contributed by atoms with Crippen molar-refractivity contribution < 1.29 is 23.0 Å². The summed E-state index contributed by atoms with van der Waals surface area (Å²) in [6.07, 6.45) is 3.09. The molecule has 0 bridgehead atoms. The Labute approximate surface area is 143 Å². The van der Waals surface area contributed by atoms with Crippen LogP contribution < -0.4 is 9.47 Å². The number of carbonyl (C=O) groups excluding carboxylic acids is 1. The molecule has 0 spiro atoms. The Hall–Kier alpha value is -2.34. The van der Waals surface area contributed by atoms with E-state index in [9.17, 15) is 13.6 Å². The van der Waals surface area contributed by atoms with E-state index < -0.39 is 5.76 Å². The number of ketones is 1. The van der Waals surface area contributed by atoms with Gasteiger partial charge in [-0.2, -0.15) is 8.78 Å². The van der Waals surface area contributed by atoms with Crippen LogP contribution in [0.4, 0.5) is 8.78 Å². The van der Waals surface area contributed by atoms with Gasteiger partial charge in [-0.05, 0) is 42.0 Å². The minimum atomic E-state index is -2.55. The van der Waals surface area contributed by atoms with Crippen molar-refractivity contribution in [2.75, 3.05) is 14.2 Å². The fourth-order valence-electron chi connectivity index (χ4n) is 2.03. The maximum absolute atomic E-state index is 12.5. The number of halogens is 2. The van der Waals surface area contributed by atoms with Crippen molar-refractivity contribution in [3.63, 3.8) is 0 Å². The smallest absolute Gasteiger partial charge is 0.289 e. The number of hydrogen-bond acceptors (Lipinski definition) is 4. The summed E-state index contributed by atoms with van der Waals surface area (Å²) in [4.78, 5) is 12.5. The zero-order chi connectivity index (χ0) is 17.5. The number of allylic oxidation sites excluding steroid dienone is 1. The van der Waals surface area contributed by atoms with E-state index in [-0.39, 0.29) is 11.5 Å². The van der Waals surface area contributed by atoms with Crippen molar-refractivity contribution in [3.05, 3.63) is 59.7 Å². The molecule has 0 amide bonds. The van der Waals surface area contributed by atoms with Gasteiger partial charge in [-0.1, -0.05) is 30.0 Å². The Kier molecular flexibility index (Phi) is 6.37. The maximum atomic E-state index is 12.5. The average molecular weight is 350 g/mol. The summed E-state index contributed by atoms with van der Waals surface area (Å²) >= 11 is 0.383. The molecule has 0 saturated carbocycles. The molecule has 0 saturated heterocycles. The fourth-order valence-corrected chi connectivity index (χ4v) is 2.62. The van der Waals surface area contributed by atoms with Gasteiger partial charge in [0.05, 0.1) is 19.1 Å². The van der Waals surface area contributed by atoms with Crippen LogP contribution in [0.2, 0.25) is 0 Å². The van der Waals surface area contributed by atoms with Gasteiger partial charge in [0, 0.05) is 5.56 Å². The molecule has 2 rings (SSSR count). The first-order chi connectivity index (χ1) is 11.5. The minimum Gasteiger partial charge on any atom is -0.497 e. The Balaban J connectivity index is 2.18. The lowest BCUT2D eigenvalue weighted by Crippen LogP contribution is -1.97. The highest BCUT2D eigenvalue weighted by molar-refractivity contribution is 7.99. The Morgan fingerprint density at radius 2 is 1.92 bits per heavy atom. The highest BCUT2D eigenvalue weighted by atomic mass is 32.2. The van der Waals surface area contributed by atoms with Crippen LogP contribution in [-0.4, -0.2) is 25.8 Å². The van der Waals surface area contributed by atoms with E-state index in [0.29, 0.717) is 28.0 Å². The highest BCUT2D eigenvalue weighted by Gasteiger charge is 2.13. The van der Waals surface area contributed by atoms with Gasteiger partial charge in [0.15, 0.2) is 5.78 Å². The number of thioether (sulfide) groups is 1. The third kappa shape index (κ3) is 4.83. The second kappa shape index (κ2) is 8.49. The molecular formula is C18H16F2O3S. The number of alkyl halides is 2. The predicted octanol–water partition coefficient (Wildman–Crippen LogP) is 4.91. The van der Waals surface area contributed by atoms with Crippen LogP contribution in [0.5, 0.6) is 11.5 Å². The molecule has 6 heteroatoms. The average Bonchev–Trinajstić information content (AvgIpc) is 2.59. The molecule has 0 aliphatic rings. The van der Waals surface area contributed by atoms with Gasteiger partial charge in [-0.15, -0.1) is 0 Å². The lowest BCUT2D eigenvalue weighted by Gasteiger charge is -2.08. The number of rotatable bonds is 7. The predicted molar refractivity (Wildman–Crippen MR) is 91.2 cm³/mol. The van der Waals surface area contributed by atoms with E-state index in [4.69, 9.17) is 9.47 Å². The van der Waals surface area contributed by atoms with Crippen LogP contribution in [0.25, 0.3) is 6.08 Å². The monoisotopic (exact) mass is 350 g/mol. The molecule has 0 aromatic heterocycles. The first-order valence-corrected chi connectivity index (χ1v) is 7.90. The number of methoxy groups -OCH3 is 2. The molecule has 0 atom stereocenters. The van der Waals surface area contributed by atoms with E-state index in [0.717, 1.165) is 5.56 Å². The first kappa shape index (κ1) is 18.0. The SMILES string of the molecule is COc1cccc(C=CC(=O)c2ccc(SC(F)F)c(OC)c2)c1. The molecule has 0 aliphatic carbocycles. The van der Waals surface area contributed by atoms with Crippen molar-refractivity contribution in [3.8, 4) is 11.5 Å². The number of carbonyl (C=O) groups is 1. The number of hydrogen-bond donors (Lipinski definition) is 0. The molecule has 126 valence electrons. The van der Waals surface area contributed by atoms with Gasteiger partial charge in [0.1, 0.15) is 11.5 Å². The van der Waals surface area contributed by atoms with Gasteiger partial charge in [0.2, 0.25) is 0 Å². The van der Waals surface area contributed by atoms with E-state index in [2.05, 4.69) is 0 Å². The van der Waals surface area contributed by atoms with Crippen molar-refractivity contribution in [1.29, 1.82) is 0 Å². The Bertz CT molecular complexity index is 745. The molecule has 0 heterocycles. The molecule has 2 aromatic carbocycles. The molecular weight excluding hydrogens is 334 g/mol. The molecule has 2 aromatic rings. The summed E-state index contributed by atoms with van der Waals surface area (Å²) in [5.74, 6) is -1.85. The van der Waals surface area contributed by atoms with Gasteiger partial charge in [0.25, 0.3) is 5.76 Å². The molecule has 3 nitrogen and oxygen atoms in total. The number of ether oxygens (including phenoxy) is 2. The molecule has 0 N–H and O–H groups in total. The zero-order valence-electron chi connectivity index (χ0n) is 13.2. The zero-order valence-corrected chi connectivity index (χ0v) is 14.0. The summed E-state index contributed by atoms with van der Waals surface area (Å²) in [5.41, 5.74) is 1.18. The van der Waals surface area contributed by atoms with Crippen LogP contribution >= 0.6 is 11.8 Å². The minimum absolute atomic E-state index is 0.246. The molecule has 0 unspecified atom stereocenters. The molecule has 0 radical (unpaired) electrons. The normalized spacial score (nSPS) is 11.0. The summed E-state index contributed by atoms with van der Waals surface area (Å²) in [6, 6.07) is 11.7. The van der Waals surface area contributed by atoms with E-state index in [1.165, 1.54) is 31.4 Å². The lowest BCUT2D eigenvalue weighted by molar-refractivity contribution is 0.104. The van der Waals surface area contributed by atoms with Crippen LogP contribution in [-0.2, 0) is 0 Å². The summed E-state index contributed by atoms with van der Waals surface area (Å²) < 4.78 is 35.2. The summed E-state index contributed by atoms with van der Waals surface area (Å²) in [5, 5.41) is 0. The second-order valence-electron chi connectivity index (χ2n) is 4.72. The Morgan fingerprint density at radius 3 is 2.58 bits per heavy atom. The van der Waals surface area contributed by atoms with Gasteiger partial charge >= 0.3 is 0 Å². The molecule has 0 aliphatic heterocycles. The third-order valence-electron chi connectivity index (χ3n) is 3.19. The third-order valence-corrected chi connectivity index (χ3v) is 3.95. The fraction of sp³-hybridized carbons (Fsp3) is 0.167. The number of benzene rings is 2. The van der Waals surface area contributed by atoms with Crippen molar-refractivity contribution in [2.24, 2.45) is 0 Å². The van der Waals surface area contributed by atoms with Gasteiger partial charge < -0.3 is 9.47 Å². The van der Waals surface area contributed by atoms with Crippen LogP contribution in [0.3, 0.4) is 0 Å². The van der Waals surface area contributed by atoms with Crippen molar-refractivity contribution >= 4 is 23.6 Å². The molecule has 24 heavy (non-hydrogen) atoms. The summed E-state index contributed by atoms with van der Waals surface area (Å²) in [7, 11) is 2.95. The topological polar surface area (TPSA) is 35.5 Å². The van der Waals surface area contributed by atoms with Crippen molar-refractivity contribution in [2.45, 2.75) is 10.7 Å². The van der Waals surface area contributed by atoms with Crippen LogP contribution in [0, 0.1) is 0 Å². The standard InChI is InChI=1S/C18H16F2O3S/c1-22-14-5-3-4-12(10-14)6-8-15(21)13-7-9-17(24-18(19)20)16(11-13)23-2/h3-11,18H,1-2H3. The van der Waals surface area contributed by atoms with Gasteiger partial charge in [-0.25, -0.2) is 0 Å². The largest absolute Gasteiger partial charge is 0.497 e. The molecule has 0 fully saturated rings. The Morgan fingerprint density at radius 1 is 1.12 bits per heavy atom. The second-order valence-corrected chi connectivity index (χ2v) is 5.75. The van der Waals surface area contributed by atoms with E-state index >= 15 is 0 Å². The lowest BCUT2D eigenvalue weighted by atomic mass is 10.1. The summed E-state index contributed by atoms with van der Waals surface area (Å²) in [6.45, 7) is 0. The maximum Gasteiger partial charge on any atom is 0.289 e. The van der Waals surface area contributed by atoms with Crippen LogP contribution in [0.1, 0.15) is 15.9 Å². The van der Waals surface area contributed by atoms with Crippen molar-refractivity contribution in [1.82, 2.24) is 0 Å². The van der Waals surface area contributed by atoms with Gasteiger partial charge in [-0.3, -0.25) is 4.79 Å².